The quantitative estimate of drug-likeness (QED) is 0.711. The van der Waals surface area contributed by atoms with Crippen LogP contribution < -0.4 is 10.1 Å². The molecule has 0 radical (unpaired) electrons. The number of benzene rings is 2. The number of fused-ring (bicyclic) bond motifs is 3. The molecule has 2 aromatic carbocycles. The molecule has 2 aliphatic rings. The van der Waals surface area contributed by atoms with E-state index in [9.17, 15) is 14.7 Å². The second-order valence-electron chi connectivity index (χ2n) is 6.85. The summed E-state index contributed by atoms with van der Waals surface area (Å²) in [6.45, 7) is 0. The Morgan fingerprint density at radius 3 is 2.41 bits per heavy atom. The van der Waals surface area contributed by atoms with Crippen LogP contribution in [0.4, 0.5) is 5.69 Å². The fraction of sp³-hybridized carbons (Fsp3) is 0.238. The second kappa shape index (κ2) is 6.46. The number of aromatic carboxylic acids is 2. The van der Waals surface area contributed by atoms with Crippen LogP contribution in [0.15, 0.2) is 48.6 Å². The van der Waals surface area contributed by atoms with Gasteiger partial charge in [-0.05, 0) is 47.7 Å². The maximum absolute atomic E-state index is 11.5. The highest BCUT2D eigenvalue weighted by atomic mass is 16.5. The number of hydrogen-bond acceptors (Lipinski definition) is 4. The van der Waals surface area contributed by atoms with Gasteiger partial charge in [-0.25, -0.2) is 9.59 Å². The molecule has 0 aromatic heterocycles. The number of allylic oxidation sites excluding steroid dienone is 2. The van der Waals surface area contributed by atoms with E-state index >= 15 is 0 Å². The third kappa shape index (κ3) is 2.83. The summed E-state index contributed by atoms with van der Waals surface area (Å²) in [5.74, 6) is -1.14. The minimum Gasteiger partial charge on any atom is -0.495 e. The molecule has 2 aromatic rings. The first kappa shape index (κ1) is 17.1. The topological polar surface area (TPSA) is 95.9 Å². The summed E-state index contributed by atoms with van der Waals surface area (Å²) in [5, 5.41) is 22.0. The van der Waals surface area contributed by atoms with Crippen molar-refractivity contribution in [3.8, 4) is 5.75 Å². The van der Waals surface area contributed by atoms with Crippen LogP contribution in [-0.2, 0) is 0 Å². The fourth-order valence-corrected chi connectivity index (χ4v) is 4.11. The third-order valence-corrected chi connectivity index (χ3v) is 5.42. The Morgan fingerprint density at radius 2 is 1.78 bits per heavy atom. The first-order chi connectivity index (χ1) is 13.0. The van der Waals surface area contributed by atoms with Gasteiger partial charge in [0, 0.05) is 5.92 Å². The van der Waals surface area contributed by atoms with Gasteiger partial charge in [-0.3, -0.25) is 0 Å². The largest absolute Gasteiger partial charge is 0.495 e. The molecule has 4 rings (SSSR count). The minimum atomic E-state index is -0.985. The van der Waals surface area contributed by atoms with Gasteiger partial charge >= 0.3 is 11.9 Å². The van der Waals surface area contributed by atoms with Crippen molar-refractivity contribution in [1.82, 2.24) is 0 Å². The molecule has 0 fully saturated rings. The average Bonchev–Trinajstić information content (AvgIpc) is 3.16. The lowest BCUT2D eigenvalue weighted by Gasteiger charge is -2.38. The zero-order chi connectivity index (χ0) is 19.1. The number of hydrogen-bond donors (Lipinski definition) is 3. The van der Waals surface area contributed by atoms with E-state index < -0.39 is 11.9 Å². The molecule has 1 aliphatic heterocycles. The molecule has 0 bridgehead atoms. The molecule has 3 N–H and O–H groups in total. The number of carbonyl (C=O) groups is 2. The van der Waals surface area contributed by atoms with Gasteiger partial charge in [0.25, 0.3) is 0 Å². The molecule has 3 unspecified atom stereocenters. The van der Waals surface area contributed by atoms with Crippen molar-refractivity contribution in [2.75, 3.05) is 12.4 Å². The Labute approximate surface area is 156 Å². The zero-order valence-corrected chi connectivity index (χ0v) is 14.7. The summed E-state index contributed by atoms with van der Waals surface area (Å²) in [4.78, 5) is 22.6. The van der Waals surface area contributed by atoms with Crippen LogP contribution in [0.25, 0.3) is 0 Å². The Kier molecular flexibility index (Phi) is 4.11. The lowest BCUT2D eigenvalue weighted by molar-refractivity contribution is 0.0685. The Balaban J connectivity index is 1.79. The first-order valence-electron chi connectivity index (χ1n) is 8.71. The molecule has 27 heavy (non-hydrogen) atoms. The van der Waals surface area contributed by atoms with Crippen molar-refractivity contribution in [1.29, 1.82) is 0 Å². The number of carboxylic acids is 2. The summed E-state index contributed by atoms with van der Waals surface area (Å²) < 4.78 is 5.46. The number of nitrogens with one attached hydrogen (secondary N) is 1. The molecule has 1 heterocycles. The van der Waals surface area contributed by atoms with Gasteiger partial charge < -0.3 is 20.3 Å². The summed E-state index contributed by atoms with van der Waals surface area (Å²) in [5.41, 5.74) is 3.16. The van der Waals surface area contributed by atoms with E-state index in [4.69, 9.17) is 9.84 Å². The number of ether oxygens (including phenoxy) is 1. The number of methoxy groups -OCH3 is 1. The van der Waals surface area contributed by atoms with E-state index in [1.807, 2.05) is 12.1 Å². The van der Waals surface area contributed by atoms with Crippen molar-refractivity contribution in [2.45, 2.75) is 18.4 Å². The minimum absolute atomic E-state index is 0.0232. The summed E-state index contributed by atoms with van der Waals surface area (Å²) in [7, 11) is 1.52. The van der Waals surface area contributed by atoms with Crippen LogP contribution in [0.3, 0.4) is 0 Å². The van der Waals surface area contributed by atoms with Crippen molar-refractivity contribution in [3.05, 3.63) is 70.8 Å². The SMILES string of the molecule is COc1cc(C(=O)O)cc2c1NC(c1ccc(C(=O)O)cc1)C1CC=CC21. The van der Waals surface area contributed by atoms with Gasteiger partial charge in [0.1, 0.15) is 5.75 Å². The van der Waals surface area contributed by atoms with Gasteiger partial charge in [0.15, 0.2) is 0 Å². The molecule has 1 aliphatic carbocycles. The van der Waals surface area contributed by atoms with Crippen LogP contribution in [0.1, 0.15) is 50.2 Å². The van der Waals surface area contributed by atoms with Crippen LogP contribution in [-0.4, -0.2) is 29.3 Å². The molecule has 0 saturated carbocycles. The molecule has 138 valence electrons. The van der Waals surface area contributed by atoms with Crippen LogP contribution >= 0.6 is 0 Å². The Hall–Kier alpha value is -3.28. The van der Waals surface area contributed by atoms with Crippen LogP contribution in [0.2, 0.25) is 0 Å². The van der Waals surface area contributed by atoms with Crippen LogP contribution in [0, 0.1) is 5.92 Å². The van der Waals surface area contributed by atoms with Gasteiger partial charge in [-0.1, -0.05) is 24.3 Å². The monoisotopic (exact) mass is 365 g/mol. The van der Waals surface area contributed by atoms with Crippen molar-refractivity contribution >= 4 is 17.6 Å². The van der Waals surface area contributed by atoms with E-state index in [-0.39, 0.29) is 29.0 Å². The third-order valence-electron chi connectivity index (χ3n) is 5.42. The number of anilines is 1. The van der Waals surface area contributed by atoms with Gasteiger partial charge in [0.2, 0.25) is 0 Å². The fourth-order valence-electron chi connectivity index (χ4n) is 4.11. The van der Waals surface area contributed by atoms with Crippen molar-refractivity contribution < 1.29 is 24.5 Å². The molecule has 0 amide bonds. The molecule has 0 spiro atoms. The number of rotatable bonds is 4. The van der Waals surface area contributed by atoms with Gasteiger partial charge in [-0.2, -0.15) is 0 Å². The molecular weight excluding hydrogens is 346 g/mol. The predicted molar refractivity (Wildman–Crippen MR) is 99.7 cm³/mol. The highest BCUT2D eigenvalue weighted by molar-refractivity contribution is 5.90. The summed E-state index contributed by atoms with van der Waals surface area (Å²) in [6, 6.07) is 10.1. The molecule has 6 heteroatoms. The Bertz CT molecular complexity index is 948. The van der Waals surface area contributed by atoms with E-state index in [2.05, 4.69) is 17.5 Å². The van der Waals surface area contributed by atoms with E-state index in [1.165, 1.54) is 13.2 Å². The standard InChI is InChI=1S/C21H19NO5/c1-27-17-10-13(21(25)26)9-16-14-3-2-4-15(14)18(22-19(16)17)11-5-7-12(8-6-11)20(23)24/h2-3,5-10,14-15,18,22H,4H2,1H3,(H,23,24)(H,25,26). The lowest BCUT2D eigenvalue weighted by atomic mass is 9.76. The average molecular weight is 365 g/mol. The highest BCUT2D eigenvalue weighted by Gasteiger charge is 2.39. The van der Waals surface area contributed by atoms with Crippen LogP contribution in [0.5, 0.6) is 5.75 Å². The summed E-state index contributed by atoms with van der Waals surface area (Å²) in [6.07, 6.45) is 5.10. The molecule has 0 saturated heterocycles. The molecule has 3 atom stereocenters. The van der Waals surface area contributed by atoms with Crippen molar-refractivity contribution in [3.63, 3.8) is 0 Å². The lowest BCUT2D eigenvalue weighted by Crippen LogP contribution is -2.29. The summed E-state index contributed by atoms with van der Waals surface area (Å²) >= 11 is 0. The van der Waals surface area contributed by atoms with E-state index in [0.717, 1.165) is 23.2 Å². The van der Waals surface area contributed by atoms with E-state index in [1.54, 1.807) is 18.2 Å². The molecular formula is C21H19NO5. The maximum Gasteiger partial charge on any atom is 0.335 e. The second-order valence-corrected chi connectivity index (χ2v) is 6.85. The predicted octanol–water partition coefficient (Wildman–Crippen LogP) is 3.92. The highest BCUT2D eigenvalue weighted by Crippen LogP contribution is 2.52. The zero-order valence-electron chi connectivity index (χ0n) is 14.7. The first-order valence-corrected chi connectivity index (χ1v) is 8.71. The normalized spacial score (nSPS) is 22.5. The van der Waals surface area contributed by atoms with E-state index in [0.29, 0.717) is 5.75 Å². The maximum atomic E-state index is 11.5. The smallest absolute Gasteiger partial charge is 0.335 e. The van der Waals surface area contributed by atoms with Gasteiger partial charge in [-0.15, -0.1) is 0 Å². The number of carboxylic acid groups (broad SMARTS) is 2. The molecule has 6 nitrogen and oxygen atoms in total. The Morgan fingerprint density at radius 1 is 1.07 bits per heavy atom. The van der Waals surface area contributed by atoms with Crippen molar-refractivity contribution in [2.24, 2.45) is 5.92 Å². The van der Waals surface area contributed by atoms with Gasteiger partial charge in [0.05, 0.1) is 30.0 Å².